The largest absolute Gasteiger partial charge is 0.366 e. The Labute approximate surface area is 180 Å². The van der Waals surface area contributed by atoms with Crippen LogP contribution in [0.3, 0.4) is 0 Å². The highest BCUT2D eigenvalue weighted by molar-refractivity contribution is 6.30. The van der Waals surface area contributed by atoms with E-state index in [0.717, 1.165) is 24.0 Å². The summed E-state index contributed by atoms with van der Waals surface area (Å²) >= 11 is 6.27. The molecule has 1 aliphatic carbocycles. The molecule has 0 spiro atoms. The number of rotatable bonds is 5. The van der Waals surface area contributed by atoms with Crippen LogP contribution in [0.5, 0.6) is 0 Å². The van der Waals surface area contributed by atoms with Crippen LogP contribution >= 0.6 is 11.6 Å². The minimum Gasteiger partial charge on any atom is -0.366 e. The summed E-state index contributed by atoms with van der Waals surface area (Å²) in [5.74, 6) is -0.636. The maximum absolute atomic E-state index is 13.7. The van der Waals surface area contributed by atoms with Crippen LogP contribution < -0.4 is 5.73 Å². The number of carbonyl (C=O) groups is 2. The Hall–Kier alpha value is -3.18. The molecular formula is C24H22ClN3O2. The second kappa shape index (κ2) is 8.28. The molecule has 5 nitrogen and oxygen atoms in total. The van der Waals surface area contributed by atoms with E-state index < -0.39 is 5.91 Å². The summed E-state index contributed by atoms with van der Waals surface area (Å²) in [7, 11) is 0. The van der Waals surface area contributed by atoms with Crippen molar-refractivity contribution in [1.82, 2.24) is 9.88 Å². The van der Waals surface area contributed by atoms with Gasteiger partial charge in [0.1, 0.15) is 0 Å². The van der Waals surface area contributed by atoms with Gasteiger partial charge in [-0.3, -0.25) is 14.6 Å². The third-order valence-corrected chi connectivity index (χ3v) is 5.89. The lowest BCUT2D eigenvalue weighted by atomic mass is 10.0. The molecule has 1 aliphatic rings. The van der Waals surface area contributed by atoms with E-state index in [1.165, 1.54) is 5.56 Å². The molecule has 0 fully saturated rings. The van der Waals surface area contributed by atoms with Crippen molar-refractivity contribution in [2.75, 3.05) is 0 Å². The number of fused-ring (bicyclic) bond motifs is 1. The van der Waals surface area contributed by atoms with Gasteiger partial charge in [0.2, 0.25) is 5.91 Å². The van der Waals surface area contributed by atoms with Gasteiger partial charge in [0.05, 0.1) is 11.6 Å². The lowest BCUT2D eigenvalue weighted by Gasteiger charge is -2.31. The molecule has 0 saturated heterocycles. The fourth-order valence-corrected chi connectivity index (χ4v) is 4.33. The normalized spacial score (nSPS) is 14.9. The number of amides is 2. The molecule has 0 aliphatic heterocycles. The Morgan fingerprint density at radius 1 is 1.13 bits per heavy atom. The highest BCUT2D eigenvalue weighted by Gasteiger charge is 2.33. The first-order valence-electron chi connectivity index (χ1n) is 9.84. The zero-order valence-corrected chi connectivity index (χ0v) is 17.4. The summed E-state index contributed by atoms with van der Waals surface area (Å²) < 4.78 is 0. The van der Waals surface area contributed by atoms with Crippen molar-refractivity contribution >= 4 is 23.4 Å². The Morgan fingerprint density at radius 3 is 2.67 bits per heavy atom. The van der Waals surface area contributed by atoms with Gasteiger partial charge in [-0.25, -0.2) is 0 Å². The molecule has 0 radical (unpaired) electrons. The highest BCUT2D eigenvalue weighted by atomic mass is 35.5. The van der Waals surface area contributed by atoms with Crippen molar-refractivity contribution in [2.24, 2.45) is 5.73 Å². The Kier molecular flexibility index (Phi) is 5.55. The van der Waals surface area contributed by atoms with Crippen molar-refractivity contribution in [3.8, 4) is 0 Å². The van der Waals surface area contributed by atoms with Crippen LogP contribution in [0, 0.1) is 6.92 Å². The molecule has 1 heterocycles. The molecule has 4 rings (SSSR count). The Morgan fingerprint density at radius 2 is 1.90 bits per heavy atom. The fourth-order valence-electron chi connectivity index (χ4n) is 4.15. The molecule has 6 heteroatoms. The second-order valence-corrected chi connectivity index (χ2v) is 7.92. The number of aromatic nitrogens is 1. The number of pyridine rings is 1. The fraction of sp³-hybridized carbons (Fsp3) is 0.208. The van der Waals surface area contributed by atoms with Gasteiger partial charge >= 0.3 is 0 Å². The molecule has 0 saturated carbocycles. The molecule has 2 amide bonds. The number of benzene rings is 2. The quantitative estimate of drug-likeness (QED) is 0.662. The number of nitrogens with zero attached hydrogens (tertiary/aromatic N) is 2. The van der Waals surface area contributed by atoms with Gasteiger partial charge in [-0.1, -0.05) is 35.9 Å². The van der Waals surface area contributed by atoms with Gasteiger partial charge < -0.3 is 10.6 Å². The Bertz CT molecular complexity index is 1130. The van der Waals surface area contributed by atoms with E-state index in [2.05, 4.69) is 4.98 Å². The van der Waals surface area contributed by atoms with E-state index in [0.29, 0.717) is 21.8 Å². The van der Waals surface area contributed by atoms with Crippen LogP contribution in [0.25, 0.3) is 0 Å². The van der Waals surface area contributed by atoms with Gasteiger partial charge in [0.15, 0.2) is 0 Å². The predicted molar refractivity (Wildman–Crippen MR) is 116 cm³/mol. The van der Waals surface area contributed by atoms with E-state index in [1.54, 1.807) is 30.5 Å². The van der Waals surface area contributed by atoms with E-state index in [-0.39, 0.29) is 18.5 Å². The van der Waals surface area contributed by atoms with Gasteiger partial charge in [-0.15, -0.1) is 0 Å². The van der Waals surface area contributed by atoms with Crippen LogP contribution in [0.15, 0.2) is 60.8 Å². The van der Waals surface area contributed by atoms with Crippen molar-refractivity contribution in [1.29, 1.82) is 0 Å². The zero-order valence-electron chi connectivity index (χ0n) is 16.6. The van der Waals surface area contributed by atoms with E-state index in [9.17, 15) is 9.59 Å². The highest BCUT2D eigenvalue weighted by Crippen LogP contribution is 2.39. The minimum absolute atomic E-state index is 0.127. The number of nitrogens with two attached hydrogens (primary N) is 1. The second-order valence-electron chi connectivity index (χ2n) is 7.49. The Balaban J connectivity index is 1.79. The van der Waals surface area contributed by atoms with E-state index >= 15 is 0 Å². The molecule has 152 valence electrons. The van der Waals surface area contributed by atoms with Gasteiger partial charge in [0.25, 0.3) is 5.91 Å². The van der Waals surface area contributed by atoms with Crippen LogP contribution in [-0.2, 0) is 13.0 Å². The van der Waals surface area contributed by atoms with Crippen LogP contribution in [-0.4, -0.2) is 21.7 Å². The standard InChI is InChI=1S/C24H22ClN3O2/c1-15-19(7-4-12-27-15)24(30)28(14-17-5-2-3-6-20(17)23(26)29)22-11-9-16-8-10-18(25)13-21(16)22/h2-8,10,12-13,22H,9,11,14H2,1H3,(H2,26,29)/t22-/m1/s1. The molecule has 2 N–H and O–H groups in total. The predicted octanol–water partition coefficient (Wildman–Crippen LogP) is 4.47. The van der Waals surface area contributed by atoms with Crippen molar-refractivity contribution < 1.29 is 9.59 Å². The van der Waals surface area contributed by atoms with E-state index in [4.69, 9.17) is 17.3 Å². The summed E-state index contributed by atoms with van der Waals surface area (Å²) in [5.41, 5.74) is 10.2. The minimum atomic E-state index is -0.509. The number of aryl methyl sites for hydroxylation is 2. The summed E-state index contributed by atoms with van der Waals surface area (Å²) in [6, 6.07) is 16.4. The molecule has 0 bridgehead atoms. The molecule has 3 aromatic rings. The molecule has 2 aromatic carbocycles. The molecular weight excluding hydrogens is 398 g/mol. The first-order valence-corrected chi connectivity index (χ1v) is 10.2. The summed E-state index contributed by atoms with van der Waals surface area (Å²) in [6.07, 6.45) is 3.33. The lowest BCUT2D eigenvalue weighted by molar-refractivity contribution is 0.0655. The zero-order chi connectivity index (χ0) is 21.3. The SMILES string of the molecule is Cc1ncccc1C(=O)N(Cc1ccccc1C(N)=O)[C@@H]1CCc2ccc(Cl)cc21. The summed E-state index contributed by atoms with van der Waals surface area (Å²) in [5, 5.41) is 0.642. The molecule has 1 aromatic heterocycles. The van der Waals surface area contributed by atoms with Gasteiger partial charge in [-0.05, 0) is 66.8 Å². The number of halogens is 1. The van der Waals surface area contributed by atoms with Crippen molar-refractivity contribution in [3.05, 3.63) is 99.3 Å². The van der Waals surface area contributed by atoms with E-state index in [1.807, 2.05) is 42.2 Å². The maximum Gasteiger partial charge on any atom is 0.256 e. The number of hydrogen-bond donors (Lipinski definition) is 1. The topological polar surface area (TPSA) is 76.3 Å². The third-order valence-electron chi connectivity index (χ3n) is 5.65. The number of primary amides is 1. The monoisotopic (exact) mass is 419 g/mol. The number of hydrogen-bond acceptors (Lipinski definition) is 3. The molecule has 1 atom stereocenters. The molecule has 30 heavy (non-hydrogen) atoms. The summed E-state index contributed by atoms with van der Waals surface area (Å²) in [4.78, 5) is 31.7. The lowest BCUT2D eigenvalue weighted by Crippen LogP contribution is -2.35. The third kappa shape index (κ3) is 3.81. The van der Waals surface area contributed by atoms with Gasteiger partial charge in [-0.2, -0.15) is 0 Å². The summed E-state index contributed by atoms with van der Waals surface area (Å²) in [6.45, 7) is 2.09. The average Bonchev–Trinajstić information content (AvgIpc) is 3.15. The van der Waals surface area contributed by atoms with Crippen LogP contribution in [0.2, 0.25) is 5.02 Å². The molecule has 0 unspecified atom stereocenters. The van der Waals surface area contributed by atoms with Crippen molar-refractivity contribution in [2.45, 2.75) is 32.4 Å². The maximum atomic E-state index is 13.7. The first-order chi connectivity index (χ1) is 14.5. The first kappa shape index (κ1) is 20.1. The smallest absolute Gasteiger partial charge is 0.256 e. The van der Waals surface area contributed by atoms with Crippen molar-refractivity contribution in [3.63, 3.8) is 0 Å². The number of carbonyl (C=O) groups excluding carboxylic acids is 2. The van der Waals surface area contributed by atoms with Crippen LogP contribution in [0.4, 0.5) is 0 Å². The van der Waals surface area contributed by atoms with Gasteiger partial charge in [0, 0.05) is 29.0 Å². The van der Waals surface area contributed by atoms with Crippen LogP contribution in [0.1, 0.15) is 55.6 Å². The average molecular weight is 420 g/mol.